The number of nitrogens with zero attached hydrogens (tertiary/aromatic N) is 4. The zero-order valence-electron chi connectivity index (χ0n) is 17.2. The molecule has 4 atom stereocenters. The van der Waals surface area contributed by atoms with Crippen LogP contribution in [-0.2, 0) is 16.4 Å². The Hall–Kier alpha value is -1.80. The monoisotopic (exact) mass is 430 g/mol. The zero-order valence-corrected chi connectivity index (χ0v) is 18.0. The van der Waals surface area contributed by atoms with E-state index in [1.54, 1.807) is 6.20 Å². The van der Waals surface area contributed by atoms with Crippen LogP contribution in [0.5, 0.6) is 0 Å². The normalized spacial score (nSPS) is 33.5. The highest BCUT2D eigenvalue weighted by Crippen LogP contribution is 2.64. The quantitative estimate of drug-likeness (QED) is 0.746. The number of sulfone groups is 1. The minimum Gasteiger partial charge on any atom is -0.300 e. The van der Waals surface area contributed by atoms with Gasteiger partial charge in [0.25, 0.3) is 0 Å². The largest absolute Gasteiger partial charge is 0.300 e. The third-order valence-corrected chi connectivity index (χ3v) is 10.0. The van der Waals surface area contributed by atoms with Crippen molar-refractivity contribution in [2.45, 2.75) is 44.7 Å². The highest BCUT2D eigenvalue weighted by molar-refractivity contribution is 7.92. The molecule has 4 fully saturated rings. The van der Waals surface area contributed by atoms with E-state index in [0.29, 0.717) is 35.3 Å². The van der Waals surface area contributed by atoms with Gasteiger partial charge in [0, 0.05) is 47.9 Å². The summed E-state index contributed by atoms with van der Waals surface area (Å²) in [6, 6.07) is 4.22. The number of aryl methyl sites for hydroxylation is 1. The minimum atomic E-state index is -2.76. The fourth-order valence-electron chi connectivity index (χ4n) is 6.60. The number of halogens is 1. The summed E-state index contributed by atoms with van der Waals surface area (Å²) in [6.07, 6.45) is 6.32. The Labute approximate surface area is 176 Å². The lowest BCUT2D eigenvalue weighted by Gasteiger charge is -2.38. The summed E-state index contributed by atoms with van der Waals surface area (Å²) >= 11 is 0. The third kappa shape index (κ3) is 2.94. The molecule has 2 aliphatic heterocycles. The molecular formula is C22H27FN4O2S. The molecule has 160 valence electrons. The van der Waals surface area contributed by atoms with E-state index >= 15 is 0 Å². The molecule has 4 heterocycles. The number of aromatic nitrogens is 3. The molecule has 2 saturated carbocycles. The molecule has 2 aromatic rings. The molecule has 4 aliphatic rings. The van der Waals surface area contributed by atoms with E-state index in [9.17, 15) is 12.8 Å². The lowest BCUT2D eigenvalue weighted by molar-refractivity contribution is 0.201. The summed E-state index contributed by atoms with van der Waals surface area (Å²) in [7, 11) is -2.76. The Morgan fingerprint density at radius 1 is 1.20 bits per heavy atom. The number of pyridine rings is 1. The summed E-state index contributed by atoms with van der Waals surface area (Å²) in [4.78, 5) is 6.53. The third-order valence-electron chi connectivity index (χ3n) is 7.91. The van der Waals surface area contributed by atoms with Crippen molar-refractivity contribution >= 4 is 9.84 Å². The van der Waals surface area contributed by atoms with E-state index in [1.165, 1.54) is 30.8 Å². The number of rotatable bonds is 4. The Morgan fingerprint density at radius 3 is 2.63 bits per heavy atom. The first-order valence-electron chi connectivity index (χ1n) is 11.0. The van der Waals surface area contributed by atoms with Crippen molar-refractivity contribution in [2.75, 3.05) is 24.6 Å². The lowest BCUT2D eigenvalue weighted by atomic mass is 9.91. The molecule has 30 heavy (non-hydrogen) atoms. The summed E-state index contributed by atoms with van der Waals surface area (Å²) in [6.45, 7) is 4.92. The molecule has 6 nitrogen and oxygen atoms in total. The van der Waals surface area contributed by atoms with E-state index < -0.39 is 9.84 Å². The number of hydrogen-bond donors (Lipinski definition) is 0. The molecule has 2 aromatic heterocycles. The van der Waals surface area contributed by atoms with E-state index in [0.717, 1.165) is 37.3 Å². The highest BCUT2D eigenvalue weighted by Gasteiger charge is 2.60. The molecule has 1 spiro atoms. The predicted molar refractivity (Wildman–Crippen MR) is 111 cm³/mol. The summed E-state index contributed by atoms with van der Waals surface area (Å²) in [5.41, 5.74) is 2.85. The second-order valence-corrected chi connectivity index (χ2v) is 12.0. The first kappa shape index (κ1) is 18.9. The van der Waals surface area contributed by atoms with Crippen molar-refractivity contribution in [3.63, 3.8) is 0 Å². The van der Waals surface area contributed by atoms with Crippen molar-refractivity contribution in [1.82, 2.24) is 19.7 Å². The van der Waals surface area contributed by atoms with Crippen LogP contribution in [0.15, 0.2) is 24.5 Å². The van der Waals surface area contributed by atoms with Crippen molar-refractivity contribution in [2.24, 2.45) is 17.3 Å². The second kappa shape index (κ2) is 6.36. The summed E-state index contributed by atoms with van der Waals surface area (Å²) in [5, 5.41) is 4.72. The van der Waals surface area contributed by atoms with Gasteiger partial charge in [-0.25, -0.2) is 12.8 Å². The number of fused-ring (bicyclic) bond motifs is 1. The van der Waals surface area contributed by atoms with Gasteiger partial charge in [0.1, 0.15) is 5.82 Å². The van der Waals surface area contributed by atoms with Gasteiger partial charge in [0.05, 0.1) is 23.4 Å². The van der Waals surface area contributed by atoms with Crippen LogP contribution in [0.1, 0.15) is 37.8 Å². The molecule has 0 radical (unpaired) electrons. The Bertz CT molecular complexity index is 1090. The van der Waals surface area contributed by atoms with Gasteiger partial charge in [-0.2, -0.15) is 5.10 Å². The van der Waals surface area contributed by atoms with Crippen LogP contribution in [-0.4, -0.2) is 58.7 Å². The molecule has 0 aromatic carbocycles. The Balaban J connectivity index is 1.14. The maximum absolute atomic E-state index is 13.6. The van der Waals surface area contributed by atoms with Crippen LogP contribution in [0.2, 0.25) is 0 Å². The van der Waals surface area contributed by atoms with Gasteiger partial charge in [-0.3, -0.25) is 14.6 Å². The fourth-order valence-corrected chi connectivity index (χ4v) is 8.86. The fraction of sp³-hybridized carbons (Fsp3) is 0.636. The van der Waals surface area contributed by atoms with Crippen molar-refractivity contribution in [3.8, 4) is 11.3 Å². The standard InChI is InChI=1S/C22H27FN4O2S/c1-2-27-20(8-19(25-27)14-5-15(23)10-24-9-14)21-17-6-16(7-18(17)21)26-4-3-22(11-26)12-30(28,29)13-22/h5,8-10,16-18,21H,2-4,6-7,11-13H2,1H3/t16-,17-,18+,21+. The molecule has 2 aliphatic carbocycles. The van der Waals surface area contributed by atoms with Gasteiger partial charge < -0.3 is 0 Å². The predicted octanol–water partition coefficient (Wildman–Crippen LogP) is 2.72. The minimum absolute atomic E-state index is 0.0553. The van der Waals surface area contributed by atoms with Crippen LogP contribution >= 0.6 is 0 Å². The van der Waals surface area contributed by atoms with Crippen LogP contribution in [0.25, 0.3) is 11.3 Å². The maximum atomic E-state index is 13.6. The SMILES string of the molecule is CCn1nc(-c2cncc(F)c2)cc1[C@H]1[C@@H]2C[C@@H](N3CCC4(C3)CS(=O)(=O)C4)C[C@@H]21. The second-order valence-electron chi connectivity index (χ2n) is 9.89. The van der Waals surface area contributed by atoms with E-state index in [4.69, 9.17) is 5.10 Å². The van der Waals surface area contributed by atoms with Crippen molar-refractivity contribution < 1.29 is 12.8 Å². The number of hydrogen-bond acceptors (Lipinski definition) is 5. The van der Waals surface area contributed by atoms with Gasteiger partial charge in [-0.1, -0.05) is 0 Å². The Morgan fingerprint density at radius 2 is 1.97 bits per heavy atom. The Kier molecular flexibility index (Phi) is 4.01. The van der Waals surface area contributed by atoms with Crippen LogP contribution in [0, 0.1) is 23.1 Å². The molecular weight excluding hydrogens is 403 g/mol. The molecule has 0 unspecified atom stereocenters. The molecule has 6 rings (SSSR count). The van der Waals surface area contributed by atoms with Crippen LogP contribution in [0.3, 0.4) is 0 Å². The van der Waals surface area contributed by atoms with Crippen LogP contribution < -0.4 is 0 Å². The van der Waals surface area contributed by atoms with E-state index in [2.05, 4.69) is 27.6 Å². The lowest BCUT2D eigenvalue weighted by Crippen LogP contribution is -2.50. The zero-order chi connectivity index (χ0) is 20.7. The summed E-state index contributed by atoms with van der Waals surface area (Å²) < 4.78 is 39.0. The van der Waals surface area contributed by atoms with E-state index in [1.807, 2.05) is 0 Å². The molecule has 8 heteroatoms. The average molecular weight is 431 g/mol. The average Bonchev–Trinajstić information content (AvgIpc) is 3.11. The van der Waals surface area contributed by atoms with Gasteiger partial charge in [0.2, 0.25) is 0 Å². The van der Waals surface area contributed by atoms with Crippen molar-refractivity contribution in [3.05, 3.63) is 36.0 Å². The smallest absolute Gasteiger partial charge is 0.151 e. The van der Waals surface area contributed by atoms with Crippen LogP contribution in [0.4, 0.5) is 4.39 Å². The summed E-state index contributed by atoms with van der Waals surface area (Å²) in [5.74, 6) is 2.38. The maximum Gasteiger partial charge on any atom is 0.151 e. The first-order valence-corrected chi connectivity index (χ1v) is 12.8. The van der Waals surface area contributed by atoms with Gasteiger partial charge in [-0.05, 0) is 56.7 Å². The first-order chi connectivity index (χ1) is 14.4. The topological polar surface area (TPSA) is 68.1 Å². The molecule has 0 N–H and O–H groups in total. The molecule has 2 saturated heterocycles. The van der Waals surface area contributed by atoms with Gasteiger partial charge >= 0.3 is 0 Å². The van der Waals surface area contributed by atoms with Gasteiger partial charge in [0.15, 0.2) is 9.84 Å². The van der Waals surface area contributed by atoms with Gasteiger partial charge in [-0.15, -0.1) is 0 Å². The molecule has 0 bridgehead atoms. The number of likely N-dealkylation sites (tertiary alicyclic amines) is 1. The molecule has 0 amide bonds. The van der Waals surface area contributed by atoms with Crippen molar-refractivity contribution in [1.29, 1.82) is 0 Å². The van der Waals surface area contributed by atoms with E-state index in [-0.39, 0.29) is 11.2 Å². The highest BCUT2D eigenvalue weighted by atomic mass is 32.2.